The molecule has 3 nitrogen and oxygen atoms in total. The second-order valence-corrected chi connectivity index (χ2v) is 5.12. The molecule has 0 bridgehead atoms. The van der Waals surface area contributed by atoms with Crippen molar-refractivity contribution in [1.82, 2.24) is 4.98 Å². The molecular weight excluding hydrogens is 274 g/mol. The van der Waals surface area contributed by atoms with E-state index in [2.05, 4.69) is 18.0 Å². The van der Waals surface area contributed by atoms with Gasteiger partial charge in [0, 0.05) is 5.39 Å². The van der Waals surface area contributed by atoms with Crippen molar-refractivity contribution < 1.29 is 9.53 Å². The highest BCUT2D eigenvalue weighted by molar-refractivity contribution is 5.99. The van der Waals surface area contributed by atoms with Gasteiger partial charge >= 0.3 is 5.97 Å². The SMILES string of the molecule is CCc1ccc2nc(C(=O)OC)cc(-c3ccccc3)c2c1. The summed E-state index contributed by atoms with van der Waals surface area (Å²) in [6.07, 6.45) is 0.961. The van der Waals surface area contributed by atoms with Gasteiger partial charge in [0.25, 0.3) is 0 Å². The minimum Gasteiger partial charge on any atom is -0.464 e. The molecule has 0 unspecified atom stereocenters. The van der Waals surface area contributed by atoms with Crippen molar-refractivity contribution >= 4 is 16.9 Å². The highest BCUT2D eigenvalue weighted by Gasteiger charge is 2.13. The number of hydrogen-bond acceptors (Lipinski definition) is 3. The first-order chi connectivity index (χ1) is 10.7. The lowest BCUT2D eigenvalue weighted by Gasteiger charge is -2.10. The van der Waals surface area contributed by atoms with Gasteiger partial charge in [0.1, 0.15) is 5.69 Å². The van der Waals surface area contributed by atoms with Crippen LogP contribution in [-0.2, 0) is 11.2 Å². The minimum atomic E-state index is -0.418. The summed E-state index contributed by atoms with van der Waals surface area (Å²) in [7, 11) is 1.37. The predicted molar refractivity (Wildman–Crippen MR) is 87.9 cm³/mol. The van der Waals surface area contributed by atoms with E-state index in [1.54, 1.807) is 0 Å². The maximum Gasteiger partial charge on any atom is 0.356 e. The number of pyridine rings is 1. The van der Waals surface area contributed by atoms with Crippen molar-refractivity contribution in [3.8, 4) is 11.1 Å². The zero-order chi connectivity index (χ0) is 15.5. The van der Waals surface area contributed by atoms with Crippen LogP contribution in [0.3, 0.4) is 0 Å². The Labute approximate surface area is 129 Å². The van der Waals surface area contributed by atoms with E-state index in [-0.39, 0.29) is 0 Å². The molecule has 3 aromatic rings. The number of carbonyl (C=O) groups is 1. The zero-order valence-corrected chi connectivity index (χ0v) is 12.7. The minimum absolute atomic E-state index is 0.332. The fourth-order valence-electron chi connectivity index (χ4n) is 2.56. The second kappa shape index (κ2) is 5.98. The normalized spacial score (nSPS) is 10.6. The Morgan fingerprint density at radius 1 is 1.09 bits per heavy atom. The number of aryl methyl sites for hydroxylation is 1. The van der Waals surface area contributed by atoms with Crippen LogP contribution in [0.2, 0.25) is 0 Å². The Balaban J connectivity index is 2.32. The quantitative estimate of drug-likeness (QED) is 0.677. The predicted octanol–water partition coefficient (Wildman–Crippen LogP) is 4.25. The van der Waals surface area contributed by atoms with E-state index in [9.17, 15) is 4.79 Å². The molecule has 1 aromatic heterocycles. The van der Waals surface area contributed by atoms with Crippen molar-refractivity contribution in [3.05, 3.63) is 65.9 Å². The maximum atomic E-state index is 11.9. The topological polar surface area (TPSA) is 39.2 Å². The number of nitrogens with zero attached hydrogens (tertiary/aromatic N) is 1. The van der Waals surface area contributed by atoms with E-state index in [0.29, 0.717) is 5.69 Å². The summed E-state index contributed by atoms with van der Waals surface area (Å²) in [5.74, 6) is -0.418. The molecule has 22 heavy (non-hydrogen) atoms. The molecule has 0 aliphatic rings. The van der Waals surface area contributed by atoms with Gasteiger partial charge in [-0.05, 0) is 41.3 Å². The van der Waals surface area contributed by atoms with Gasteiger partial charge in [-0.1, -0.05) is 43.3 Å². The van der Waals surface area contributed by atoms with E-state index in [1.807, 2.05) is 48.5 Å². The second-order valence-electron chi connectivity index (χ2n) is 5.12. The summed E-state index contributed by atoms with van der Waals surface area (Å²) in [5, 5.41) is 1.05. The fraction of sp³-hybridized carbons (Fsp3) is 0.158. The molecule has 0 N–H and O–H groups in total. The average molecular weight is 291 g/mol. The Morgan fingerprint density at radius 3 is 2.55 bits per heavy atom. The third kappa shape index (κ3) is 2.58. The van der Waals surface area contributed by atoms with E-state index in [0.717, 1.165) is 28.5 Å². The van der Waals surface area contributed by atoms with Gasteiger partial charge in [-0.2, -0.15) is 0 Å². The van der Waals surface area contributed by atoms with Crippen molar-refractivity contribution in [3.63, 3.8) is 0 Å². The number of aromatic nitrogens is 1. The Morgan fingerprint density at radius 2 is 1.86 bits per heavy atom. The molecule has 0 aliphatic carbocycles. The van der Waals surface area contributed by atoms with Gasteiger partial charge in [-0.3, -0.25) is 0 Å². The monoisotopic (exact) mass is 291 g/mol. The number of esters is 1. The lowest BCUT2D eigenvalue weighted by atomic mass is 9.98. The highest BCUT2D eigenvalue weighted by atomic mass is 16.5. The first-order valence-electron chi connectivity index (χ1n) is 7.30. The van der Waals surface area contributed by atoms with Crippen LogP contribution in [0, 0.1) is 0 Å². The first-order valence-corrected chi connectivity index (χ1v) is 7.30. The molecule has 110 valence electrons. The number of carbonyl (C=O) groups excluding carboxylic acids is 1. The van der Waals surface area contributed by atoms with Gasteiger partial charge in [0.2, 0.25) is 0 Å². The largest absolute Gasteiger partial charge is 0.464 e. The summed E-state index contributed by atoms with van der Waals surface area (Å²) in [6.45, 7) is 2.12. The molecule has 0 amide bonds. The highest BCUT2D eigenvalue weighted by Crippen LogP contribution is 2.29. The third-order valence-electron chi connectivity index (χ3n) is 3.76. The Bertz CT molecular complexity index is 825. The van der Waals surface area contributed by atoms with Crippen molar-refractivity contribution in [2.45, 2.75) is 13.3 Å². The molecule has 0 aliphatic heterocycles. The van der Waals surface area contributed by atoms with Crippen LogP contribution in [0.4, 0.5) is 0 Å². The van der Waals surface area contributed by atoms with Crippen LogP contribution in [0.5, 0.6) is 0 Å². The van der Waals surface area contributed by atoms with E-state index in [4.69, 9.17) is 4.74 Å². The standard InChI is InChI=1S/C19H17NO2/c1-3-13-9-10-17-16(11-13)15(14-7-5-4-6-8-14)12-18(20-17)19(21)22-2/h4-12H,3H2,1-2H3. The number of benzene rings is 2. The molecule has 0 spiro atoms. The van der Waals surface area contributed by atoms with Crippen molar-refractivity contribution in [1.29, 1.82) is 0 Å². The third-order valence-corrected chi connectivity index (χ3v) is 3.76. The summed E-state index contributed by atoms with van der Waals surface area (Å²) in [6, 6.07) is 18.0. The number of ether oxygens (including phenoxy) is 1. The van der Waals surface area contributed by atoms with Crippen LogP contribution in [0.15, 0.2) is 54.6 Å². The molecular formula is C19H17NO2. The van der Waals surface area contributed by atoms with Crippen LogP contribution in [0.1, 0.15) is 23.0 Å². The average Bonchev–Trinajstić information content (AvgIpc) is 2.60. The van der Waals surface area contributed by atoms with Crippen LogP contribution < -0.4 is 0 Å². The summed E-state index contributed by atoms with van der Waals surface area (Å²) in [5.41, 5.74) is 4.45. The molecule has 3 rings (SSSR count). The first kappa shape index (κ1) is 14.3. The number of fused-ring (bicyclic) bond motifs is 1. The molecule has 1 heterocycles. The van der Waals surface area contributed by atoms with Gasteiger partial charge in [0.15, 0.2) is 0 Å². The van der Waals surface area contributed by atoms with Crippen LogP contribution in [-0.4, -0.2) is 18.1 Å². The summed E-state index contributed by atoms with van der Waals surface area (Å²) in [4.78, 5) is 16.3. The molecule has 3 heteroatoms. The Kier molecular flexibility index (Phi) is 3.88. The molecule has 0 atom stereocenters. The molecule has 2 aromatic carbocycles. The van der Waals surface area contributed by atoms with E-state index >= 15 is 0 Å². The maximum absolute atomic E-state index is 11.9. The zero-order valence-electron chi connectivity index (χ0n) is 12.7. The number of hydrogen-bond donors (Lipinski definition) is 0. The van der Waals surface area contributed by atoms with E-state index < -0.39 is 5.97 Å². The smallest absolute Gasteiger partial charge is 0.356 e. The van der Waals surface area contributed by atoms with E-state index in [1.165, 1.54) is 12.7 Å². The van der Waals surface area contributed by atoms with Gasteiger partial charge in [-0.15, -0.1) is 0 Å². The van der Waals surface area contributed by atoms with Gasteiger partial charge in [0.05, 0.1) is 12.6 Å². The summed E-state index contributed by atoms with van der Waals surface area (Å²) >= 11 is 0. The lowest BCUT2D eigenvalue weighted by Crippen LogP contribution is -2.05. The molecule has 0 fully saturated rings. The number of methoxy groups -OCH3 is 1. The van der Waals surface area contributed by atoms with Gasteiger partial charge in [-0.25, -0.2) is 9.78 Å². The lowest BCUT2D eigenvalue weighted by molar-refractivity contribution is 0.0594. The molecule has 0 saturated heterocycles. The summed E-state index contributed by atoms with van der Waals surface area (Å²) < 4.78 is 4.82. The van der Waals surface area contributed by atoms with Gasteiger partial charge < -0.3 is 4.74 Å². The Hall–Kier alpha value is -2.68. The van der Waals surface area contributed by atoms with Crippen molar-refractivity contribution in [2.24, 2.45) is 0 Å². The number of rotatable bonds is 3. The van der Waals surface area contributed by atoms with Crippen molar-refractivity contribution in [2.75, 3.05) is 7.11 Å². The molecule has 0 radical (unpaired) electrons. The molecule has 0 saturated carbocycles. The fourth-order valence-corrected chi connectivity index (χ4v) is 2.56. The van der Waals surface area contributed by atoms with Crippen LogP contribution >= 0.6 is 0 Å². The van der Waals surface area contributed by atoms with Crippen LogP contribution in [0.25, 0.3) is 22.0 Å².